The van der Waals surface area contributed by atoms with Gasteiger partial charge in [0.2, 0.25) is 10.0 Å². The fourth-order valence-electron chi connectivity index (χ4n) is 2.10. The van der Waals surface area contributed by atoms with Crippen molar-refractivity contribution in [1.82, 2.24) is 4.31 Å². The molecule has 2 rings (SSSR count). The minimum atomic E-state index is -3.84. The molecule has 0 aromatic heterocycles. The molecule has 122 valence electrons. The lowest BCUT2D eigenvalue weighted by atomic mass is 10.3. The number of hydrogen-bond donors (Lipinski definition) is 1. The van der Waals surface area contributed by atoms with Gasteiger partial charge in [-0.1, -0.05) is 0 Å². The summed E-state index contributed by atoms with van der Waals surface area (Å²) < 4.78 is 50.0. The van der Waals surface area contributed by atoms with Gasteiger partial charge in [-0.3, -0.25) is 0 Å². The number of sulfonamides is 1. The lowest BCUT2D eigenvalue weighted by Crippen LogP contribution is -2.46. The zero-order valence-electron chi connectivity index (χ0n) is 11.9. The van der Waals surface area contributed by atoms with Gasteiger partial charge in [0.25, 0.3) is 0 Å². The molecule has 0 unspecified atom stereocenters. The van der Waals surface area contributed by atoms with Gasteiger partial charge in [0.1, 0.15) is 0 Å². The normalized spacial score (nSPS) is 19.8. The van der Waals surface area contributed by atoms with Gasteiger partial charge in [-0.15, -0.1) is 0 Å². The van der Waals surface area contributed by atoms with Crippen LogP contribution in [-0.2, 0) is 19.6 Å². The molecule has 1 aliphatic heterocycles. The minimum absolute atomic E-state index is 0.197. The number of carboxylic acid groups (broad SMARTS) is 1. The number of hydrogen-bond acceptors (Lipinski definition) is 5. The molecule has 1 aromatic rings. The van der Waals surface area contributed by atoms with Crippen LogP contribution in [0.2, 0.25) is 0 Å². The summed E-state index contributed by atoms with van der Waals surface area (Å²) in [6.45, 7) is 1.76. The summed E-state index contributed by atoms with van der Waals surface area (Å²) in [4.78, 5) is 10.2. The highest BCUT2D eigenvalue weighted by Crippen LogP contribution is 2.25. The molecule has 0 bridgehead atoms. The summed E-state index contributed by atoms with van der Waals surface area (Å²) in [6, 6.07) is 2.78. The predicted molar refractivity (Wildman–Crippen MR) is 73.7 cm³/mol. The Hall–Kier alpha value is -1.71. The van der Waals surface area contributed by atoms with Gasteiger partial charge < -0.3 is 14.6 Å². The highest BCUT2D eigenvalue weighted by molar-refractivity contribution is 7.89. The molecule has 0 radical (unpaired) electrons. The van der Waals surface area contributed by atoms with Crippen LogP contribution < -0.4 is 4.74 Å². The van der Waals surface area contributed by atoms with Crippen LogP contribution in [0.3, 0.4) is 0 Å². The van der Waals surface area contributed by atoms with Crippen molar-refractivity contribution in [1.29, 1.82) is 0 Å². The van der Waals surface area contributed by atoms with Crippen LogP contribution in [0, 0.1) is 5.82 Å². The van der Waals surface area contributed by atoms with Crippen LogP contribution in [0.1, 0.15) is 6.92 Å². The van der Waals surface area contributed by atoms with E-state index in [4.69, 9.17) is 14.6 Å². The van der Waals surface area contributed by atoms with E-state index < -0.39 is 28.4 Å². The van der Waals surface area contributed by atoms with Crippen molar-refractivity contribution in [2.75, 3.05) is 26.4 Å². The number of carboxylic acids is 1. The molecule has 1 aliphatic rings. The molecule has 9 heteroatoms. The van der Waals surface area contributed by atoms with Crippen molar-refractivity contribution in [3.63, 3.8) is 0 Å². The van der Waals surface area contributed by atoms with Gasteiger partial charge >= 0.3 is 5.97 Å². The number of benzene rings is 1. The molecule has 0 aliphatic carbocycles. The second-order valence-corrected chi connectivity index (χ2v) is 6.70. The molecule has 1 N–H and O–H groups in total. The first-order valence-electron chi connectivity index (χ1n) is 6.56. The Bertz CT molecular complexity index is 662. The van der Waals surface area contributed by atoms with Crippen LogP contribution in [0.4, 0.5) is 4.39 Å². The van der Waals surface area contributed by atoms with Crippen molar-refractivity contribution in [2.45, 2.75) is 17.9 Å². The lowest BCUT2D eigenvalue weighted by Gasteiger charge is -2.32. The number of nitrogens with zero attached hydrogens (tertiary/aromatic N) is 1. The van der Waals surface area contributed by atoms with Crippen molar-refractivity contribution < 1.29 is 32.2 Å². The molecule has 1 fully saturated rings. The van der Waals surface area contributed by atoms with Crippen molar-refractivity contribution >= 4 is 16.0 Å². The van der Waals surface area contributed by atoms with E-state index in [1.807, 2.05) is 0 Å². The van der Waals surface area contributed by atoms with Gasteiger partial charge in [0, 0.05) is 12.6 Å². The molecule has 0 saturated carbocycles. The Morgan fingerprint density at radius 3 is 2.86 bits per heavy atom. The Morgan fingerprint density at radius 2 is 2.27 bits per heavy atom. The van der Waals surface area contributed by atoms with Crippen molar-refractivity contribution in [3.05, 3.63) is 24.0 Å². The topological polar surface area (TPSA) is 93.1 Å². The standard InChI is InChI=1S/C13H16FNO6S/c1-9-7-20-5-4-15(9)22(18,19)10-2-3-12(11(14)6-10)21-8-13(16)17/h2-3,6,9H,4-5,7-8H2,1H3,(H,16,17)/t9-/m0/s1. The van der Waals surface area contributed by atoms with Gasteiger partial charge in [0.15, 0.2) is 18.2 Å². The molecule has 22 heavy (non-hydrogen) atoms. The number of carbonyl (C=O) groups is 1. The van der Waals surface area contributed by atoms with Crippen LogP contribution >= 0.6 is 0 Å². The molecular formula is C13H16FNO6S. The summed E-state index contributed by atoms with van der Waals surface area (Å²) in [7, 11) is -3.84. The van der Waals surface area contributed by atoms with Gasteiger partial charge in [-0.2, -0.15) is 4.31 Å². The quantitative estimate of drug-likeness (QED) is 0.852. The third kappa shape index (κ3) is 3.54. The minimum Gasteiger partial charge on any atom is -0.479 e. The summed E-state index contributed by atoms with van der Waals surface area (Å²) in [5, 5.41) is 8.49. The predicted octanol–water partition coefficient (Wildman–Crippen LogP) is 0.698. The van der Waals surface area contributed by atoms with Crippen LogP contribution in [0.25, 0.3) is 0 Å². The fraction of sp³-hybridized carbons (Fsp3) is 0.462. The van der Waals surface area contributed by atoms with Gasteiger partial charge in [0.05, 0.1) is 18.1 Å². The maximum atomic E-state index is 13.9. The number of rotatable bonds is 5. The average molecular weight is 333 g/mol. The zero-order chi connectivity index (χ0) is 16.3. The van der Waals surface area contributed by atoms with E-state index in [-0.39, 0.29) is 36.4 Å². The van der Waals surface area contributed by atoms with E-state index in [0.29, 0.717) is 0 Å². The first-order chi connectivity index (χ1) is 10.3. The molecule has 7 nitrogen and oxygen atoms in total. The molecule has 0 amide bonds. The van der Waals surface area contributed by atoms with E-state index in [0.717, 1.165) is 12.1 Å². The van der Waals surface area contributed by atoms with Crippen molar-refractivity contribution in [2.24, 2.45) is 0 Å². The van der Waals surface area contributed by atoms with E-state index >= 15 is 0 Å². The SMILES string of the molecule is C[C@H]1COCCN1S(=O)(=O)c1ccc(OCC(=O)O)c(F)c1. The van der Waals surface area contributed by atoms with Crippen LogP contribution in [-0.4, -0.2) is 56.2 Å². The Kier molecular flexibility index (Phi) is 4.99. The van der Waals surface area contributed by atoms with Crippen LogP contribution in [0.5, 0.6) is 5.75 Å². The summed E-state index contributed by atoms with van der Waals surface area (Å²) in [5.41, 5.74) is 0. The molecule has 0 spiro atoms. The second-order valence-electron chi connectivity index (χ2n) is 4.81. The first kappa shape index (κ1) is 16.7. The van der Waals surface area contributed by atoms with Crippen LogP contribution in [0.15, 0.2) is 23.1 Å². The molecule has 1 aromatic carbocycles. The second kappa shape index (κ2) is 6.59. The highest BCUT2D eigenvalue weighted by atomic mass is 32.2. The highest BCUT2D eigenvalue weighted by Gasteiger charge is 2.32. The number of ether oxygens (including phenoxy) is 2. The summed E-state index contributed by atoms with van der Waals surface area (Å²) in [5.74, 6) is -2.49. The third-order valence-corrected chi connectivity index (χ3v) is 5.18. The number of morpholine rings is 1. The third-order valence-electron chi connectivity index (χ3n) is 3.17. The summed E-state index contributed by atoms with van der Waals surface area (Å²) in [6.07, 6.45) is 0. The van der Waals surface area contributed by atoms with Crippen molar-refractivity contribution in [3.8, 4) is 5.75 Å². The number of halogens is 1. The largest absolute Gasteiger partial charge is 0.479 e. The first-order valence-corrected chi connectivity index (χ1v) is 8.00. The van der Waals surface area contributed by atoms with E-state index in [9.17, 15) is 17.6 Å². The Morgan fingerprint density at radius 1 is 1.55 bits per heavy atom. The summed E-state index contributed by atoms with van der Waals surface area (Å²) >= 11 is 0. The lowest BCUT2D eigenvalue weighted by molar-refractivity contribution is -0.139. The van der Waals surface area contributed by atoms with E-state index in [1.54, 1.807) is 6.92 Å². The molecule has 1 heterocycles. The molecule has 1 atom stereocenters. The van der Waals surface area contributed by atoms with E-state index in [1.165, 1.54) is 10.4 Å². The molecule has 1 saturated heterocycles. The smallest absolute Gasteiger partial charge is 0.341 e. The Labute approximate surface area is 127 Å². The van der Waals surface area contributed by atoms with Gasteiger partial charge in [-0.05, 0) is 25.1 Å². The van der Waals surface area contributed by atoms with Gasteiger partial charge in [-0.25, -0.2) is 17.6 Å². The average Bonchev–Trinajstić information content (AvgIpc) is 2.46. The monoisotopic (exact) mass is 333 g/mol. The maximum Gasteiger partial charge on any atom is 0.341 e. The Balaban J connectivity index is 2.24. The maximum absolute atomic E-state index is 13.9. The number of aliphatic carboxylic acids is 1. The fourth-order valence-corrected chi connectivity index (χ4v) is 3.72. The molecular weight excluding hydrogens is 317 g/mol. The zero-order valence-corrected chi connectivity index (χ0v) is 12.7. The van der Waals surface area contributed by atoms with E-state index in [2.05, 4.69) is 0 Å².